The summed E-state index contributed by atoms with van der Waals surface area (Å²) >= 11 is 0. The first-order valence-corrected chi connectivity index (χ1v) is 9.00. The largest absolute Gasteiger partial charge is 0.506 e. The molecule has 2 aliphatic rings. The molecule has 1 spiro atoms. The SMILES string of the molecule is O=CCn1c(=O)c(C(=O)NC2CCC3(CC2)CC3)c(O)c2cccnc21. The van der Waals surface area contributed by atoms with Crippen LogP contribution in [-0.4, -0.2) is 32.9 Å². The Balaban J connectivity index is 1.67. The highest BCUT2D eigenvalue weighted by Crippen LogP contribution is 2.56. The van der Waals surface area contributed by atoms with Gasteiger partial charge in [0, 0.05) is 12.2 Å². The Labute approximate surface area is 150 Å². The maximum atomic E-state index is 12.7. The molecular formula is C19H21N3O4. The number of aldehydes is 1. The Morgan fingerprint density at radius 2 is 2.08 bits per heavy atom. The van der Waals surface area contributed by atoms with Crippen molar-refractivity contribution in [2.45, 2.75) is 51.1 Å². The Hall–Kier alpha value is -2.70. The van der Waals surface area contributed by atoms with Gasteiger partial charge < -0.3 is 15.2 Å². The van der Waals surface area contributed by atoms with Gasteiger partial charge in [-0.1, -0.05) is 0 Å². The fourth-order valence-electron chi connectivity index (χ4n) is 4.02. The van der Waals surface area contributed by atoms with E-state index in [9.17, 15) is 19.5 Å². The zero-order chi connectivity index (χ0) is 18.3. The molecule has 7 nitrogen and oxygen atoms in total. The second-order valence-electron chi connectivity index (χ2n) is 7.43. The summed E-state index contributed by atoms with van der Waals surface area (Å²) in [6, 6.07) is 3.19. The fourth-order valence-corrected chi connectivity index (χ4v) is 4.02. The summed E-state index contributed by atoms with van der Waals surface area (Å²) in [5.74, 6) is -0.970. The van der Waals surface area contributed by atoms with Gasteiger partial charge in [-0.15, -0.1) is 0 Å². The molecule has 2 aromatic rings. The number of nitrogens with zero attached hydrogens (tertiary/aromatic N) is 2. The summed E-state index contributed by atoms with van der Waals surface area (Å²) in [5.41, 5.74) is -0.326. The zero-order valence-corrected chi connectivity index (χ0v) is 14.4. The van der Waals surface area contributed by atoms with E-state index in [0.29, 0.717) is 11.7 Å². The number of nitrogens with one attached hydrogen (secondary N) is 1. The molecule has 2 heterocycles. The first kappa shape index (κ1) is 16.8. The van der Waals surface area contributed by atoms with Crippen molar-refractivity contribution in [3.63, 3.8) is 0 Å². The van der Waals surface area contributed by atoms with Crippen LogP contribution < -0.4 is 10.9 Å². The molecule has 0 aromatic carbocycles. The molecule has 1 amide bonds. The number of carbonyl (C=O) groups is 2. The van der Waals surface area contributed by atoms with Gasteiger partial charge in [-0.3, -0.25) is 14.2 Å². The summed E-state index contributed by atoms with van der Waals surface area (Å²) in [7, 11) is 0. The Kier molecular flexibility index (Phi) is 4.01. The topological polar surface area (TPSA) is 101 Å². The van der Waals surface area contributed by atoms with Crippen molar-refractivity contribution in [3.05, 3.63) is 34.2 Å². The average Bonchev–Trinajstić information content (AvgIpc) is 3.40. The number of amides is 1. The lowest BCUT2D eigenvalue weighted by Gasteiger charge is -2.29. The number of aromatic nitrogens is 2. The molecule has 2 aliphatic carbocycles. The summed E-state index contributed by atoms with van der Waals surface area (Å²) < 4.78 is 1.12. The van der Waals surface area contributed by atoms with E-state index in [-0.39, 0.29) is 34.9 Å². The minimum Gasteiger partial charge on any atom is -0.506 e. The number of pyridine rings is 2. The number of carbonyl (C=O) groups excluding carboxylic acids is 2. The molecular weight excluding hydrogens is 334 g/mol. The normalized spacial score (nSPS) is 18.8. The summed E-state index contributed by atoms with van der Waals surface area (Å²) in [4.78, 5) is 40.5. The van der Waals surface area contributed by atoms with E-state index in [4.69, 9.17) is 0 Å². The standard InChI is InChI=1S/C19H21N3O4/c23-11-10-22-16-13(2-1-9-20-16)15(24)14(18(22)26)17(25)21-12-3-5-19(6-4-12)7-8-19/h1-2,9,11-12,24H,3-8,10H2,(H,21,25). The quantitative estimate of drug-likeness (QED) is 0.814. The Morgan fingerprint density at radius 3 is 2.73 bits per heavy atom. The van der Waals surface area contributed by atoms with Crippen LogP contribution in [0.1, 0.15) is 48.9 Å². The van der Waals surface area contributed by atoms with Gasteiger partial charge in [0.25, 0.3) is 11.5 Å². The number of aromatic hydroxyl groups is 1. The molecule has 0 atom stereocenters. The van der Waals surface area contributed by atoms with E-state index in [1.54, 1.807) is 12.1 Å². The number of fused-ring (bicyclic) bond motifs is 1. The van der Waals surface area contributed by atoms with Gasteiger partial charge in [-0.2, -0.15) is 0 Å². The van der Waals surface area contributed by atoms with Gasteiger partial charge in [-0.25, -0.2) is 4.98 Å². The van der Waals surface area contributed by atoms with Crippen LogP contribution in [0.15, 0.2) is 23.1 Å². The van der Waals surface area contributed by atoms with Crippen molar-refractivity contribution in [3.8, 4) is 5.75 Å². The minimum atomic E-state index is -0.701. The third kappa shape index (κ3) is 2.77. The summed E-state index contributed by atoms with van der Waals surface area (Å²) in [5, 5.41) is 13.7. The van der Waals surface area contributed by atoms with Crippen molar-refractivity contribution < 1.29 is 14.7 Å². The molecule has 0 aliphatic heterocycles. The van der Waals surface area contributed by atoms with Crippen LogP contribution in [0.4, 0.5) is 0 Å². The van der Waals surface area contributed by atoms with E-state index in [1.807, 2.05) is 0 Å². The average molecular weight is 355 g/mol. The van der Waals surface area contributed by atoms with E-state index < -0.39 is 11.5 Å². The zero-order valence-electron chi connectivity index (χ0n) is 14.4. The van der Waals surface area contributed by atoms with E-state index in [1.165, 1.54) is 19.0 Å². The highest BCUT2D eigenvalue weighted by molar-refractivity contribution is 6.01. The predicted molar refractivity (Wildman–Crippen MR) is 95.1 cm³/mol. The maximum absolute atomic E-state index is 12.7. The molecule has 2 N–H and O–H groups in total. The van der Waals surface area contributed by atoms with Crippen LogP contribution >= 0.6 is 0 Å². The van der Waals surface area contributed by atoms with Crippen molar-refractivity contribution >= 4 is 23.2 Å². The molecule has 7 heteroatoms. The van der Waals surface area contributed by atoms with Crippen molar-refractivity contribution in [1.82, 2.24) is 14.9 Å². The fraction of sp³-hybridized carbons (Fsp3) is 0.474. The van der Waals surface area contributed by atoms with Crippen molar-refractivity contribution in [1.29, 1.82) is 0 Å². The van der Waals surface area contributed by atoms with Gasteiger partial charge in [0.1, 0.15) is 23.2 Å². The van der Waals surface area contributed by atoms with Gasteiger partial charge in [-0.05, 0) is 56.1 Å². The molecule has 0 saturated heterocycles. The number of hydrogen-bond acceptors (Lipinski definition) is 5. The first-order valence-electron chi connectivity index (χ1n) is 9.00. The minimum absolute atomic E-state index is 0.0108. The van der Waals surface area contributed by atoms with Crippen LogP contribution in [0.2, 0.25) is 0 Å². The van der Waals surface area contributed by atoms with Gasteiger partial charge in [0.2, 0.25) is 0 Å². The lowest BCUT2D eigenvalue weighted by atomic mass is 9.83. The molecule has 136 valence electrons. The second kappa shape index (κ2) is 6.23. The molecule has 4 rings (SSSR count). The summed E-state index contributed by atoms with van der Waals surface area (Å²) in [6.45, 7) is -0.223. The van der Waals surface area contributed by atoms with Gasteiger partial charge in [0.05, 0.1) is 11.9 Å². The third-order valence-electron chi connectivity index (χ3n) is 5.82. The van der Waals surface area contributed by atoms with Crippen LogP contribution in [-0.2, 0) is 11.3 Å². The number of hydrogen-bond donors (Lipinski definition) is 2. The molecule has 2 saturated carbocycles. The van der Waals surface area contributed by atoms with Gasteiger partial charge >= 0.3 is 0 Å². The van der Waals surface area contributed by atoms with Crippen LogP contribution in [0.3, 0.4) is 0 Å². The third-order valence-corrected chi connectivity index (χ3v) is 5.82. The van der Waals surface area contributed by atoms with E-state index in [0.717, 1.165) is 30.3 Å². The highest BCUT2D eigenvalue weighted by Gasteiger charge is 2.45. The molecule has 0 radical (unpaired) electrons. The highest BCUT2D eigenvalue weighted by atomic mass is 16.3. The monoisotopic (exact) mass is 355 g/mol. The molecule has 0 bridgehead atoms. The molecule has 0 unspecified atom stereocenters. The molecule has 2 aromatic heterocycles. The predicted octanol–water partition coefficient (Wildman–Crippen LogP) is 1.75. The van der Waals surface area contributed by atoms with Crippen LogP contribution in [0, 0.1) is 5.41 Å². The first-order chi connectivity index (χ1) is 12.5. The number of rotatable bonds is 4. The molecule has 2 fully saturated rings. The van der Waals surface area contributed by atoms with E-state index in [2.05, 4.69) is 10.3 Å². The van der Waals surface area contributed by atoms with Crippen molar-refractivity contribution in [2.24, 2.45) is 5.41 Å². The Bertz CT molecular complexity index is 936. The van der Waals surface area contributed by atoms with E-state index >= 15 is 0 Å². The maximum Gasteiger partial charge on any atom is 0.269 e. The van der Waals surface area contributed by atoms with Crippen molar-refractivity contribution in [2.75, 3.05) is 0 Å². The smallest absolute Gasteiger partial charge is 0.269 e. The second-order valence-corrected chi connectivity index (χ2v) is 7.43. The summed E-state index contributed by atoms with van der Waals surface area (Å²) in [6.07, 6.45) is 8.59. The molecule has 26 heavy (non-hydrogen) atoms. The lowest BCUT2D eigenvalue weighted by molar-refractivity contribution is -0.108. The van der Waals surface area contributed by atoms with Crippen LogP contribution in [0.25, 0.3) is 11.0 Å². The van der Waals surface area contributed by atoms with Gasteiger partial charge in [0.15, 0.2) is 0 Å². The lowest BCUT2D eigenvalue weighted by Crippen LogP contribution is -2.41. The Morgan fingerprint density at radius 1 is 1.35 bits per heavy atom. The van der Waals surface area contributed by atoms with Crippen LogP contribution in [0.5, 0.6) is 5.75 Å².